The number of nitrogens with one attached hydrogen (secondary N) is 1. The number of benzene rings is 2. The van der Waals surface area contributed by atoms with Crippen molar-refractivity contribution in [1.82, 2.24) is 5.32 Å². The van der Waals surface area contributed by atoms with Crippen LogP contribution in [0.1, 0.15) is 19.4 Å². The Morgan fingerprint density at radius 2 is 1.62 bits per heavy atom. The van der Waals surface area contributed by atoms with E-state index in [1.54, 1.807) is 18.2 Å². The van der Waals surface area contributed by atoms with E-state index in [0.29, 0.717) is 30.3 Å². The van der Waals surface area contributed by atoms with E-state index in [9.17, 15) is 19.5 Å². The number of carbonyl (C=O) groups excluding carboxylic acids is 3. The van der Waals surface area contributed by atoms with Crippen LogP contribution in [0.15, 0.2) is 48.0 Å². The summed E-state index contributed by atoms with van der Waals surface area (Å²) in [6.07, 6.45) is 1.38. The number of amides is 4. The number of aromatic hydroxyl groups is 1. The molecule has 0 bridgehead atoms. The maximum atomic E-state index is 12.9. The van der Waals surface area contributed by atoms with Crippen molar-refractivity contribution in [2.75, 3.05) is 18.1 Å². The molecule has 0 aliphatic carbocycles. The van der Waals surface area contributed by atoms with Crippen LogP contribution in [-0.4, -0.2) is 36.2 Å². The third kappa shape index (κ3) is 4.21. The maximum absolute atomic E-state index is 12.9. The zero-order valence-corrected chi connectivity index (χ0v) is 16.0. The molecule has 0 saturated carbocycles. The molecule has 0 aromatic heterocycles. The van der Waals surface area contributed by atoms with Crippen molar-refractivity contribution in [3.05, 3.63) is 53.6 Å². The molecule has 0 spiro atoms. The van der Waals surface area contributed by atoms with Gasteiger partial charge in [0.15, 0.2) is 11.5 Å². The standard InChI is InChI=1S/C21H20N2O6/c1-3-28-17-10-5-13(12-18(17)29-4-2)11-16-19(25)22-21(27)23(20(16)26)14-6-8-15(24)9-7-14/h5-12,24H,3-4H2,1-2H3,(H,22,25,27)/b16-11-. The normalized spacial score (nSPS) is 15.4. The van der Waals surface area contributed by atoms with E-state index in [-0.39, 0.29) is 17.0 Å². The lowest BCUT2D eigenvalue weighted by atomic mass is 10.1. The lowest BCUT2D eigenvalue weighted by Gasteiger charge is -2.26. The summed E-state index contributed by atoms with van der Waals surface area (Å²) >= 11 is 0. The molecule has 2 aromatic rings. The fourth-order valence-corrected chi connectivity index (χ4v) is 2.82. The molecule has 4 amide bonds. The fraction of sp³-hybridized carbons (Fsp3) is 0.190. The first kappa shape index (κ1) is 19.9. The number of carbonyl (C=O) groups is 3. The van der Waals surface area contributed by atoms with Gasteiger partial charge in [-0.3, -0.25) is 14.9 Å². The molecule has 2 N–H and O–H groups in total. The molecule has 29 heavy (non-hydrogen) atoms. The molecular formula is C21H20N2O6. The highest BCUT2D eigenvalue weighted by Gasteiger charge is 2.36. The smallest absolute Gasteiger partial charge is 0.335 e. The Morgan fingerprint density at radius 3 is 2.28 bits per heavy atom. The van der Waals surface area contributed by atoms with E-state index in [1.807, 2.05) is 13.8 Å². The first-order valence-electron chi connectivity index (χ1n) is 9.04. The number of urea groups is 1. The molecule has 1 aliphatic heterocycles. The van der Waals surface area contributed by atoms with Crippen LogP contribution in [0.25, 0.3) is 6.08 Å². The summed E-state index contributed by atoms with van der Waals surface area (Å²) < 4.78 is 11.1. The van der Waals surface area contributed by atoms with Crippen LogP contribution in [0.5, 0.6) is 17.2 Å². The summed E-state index contributed by atoms with van der Waals surface area (Å²) in [6, 6.07) is 9.67. The molecule has 1 aliphatic rings. The molecule has 8 nitrogen and oxygen atoms in total. The molecule has 150 valence electrons. The largest absolute Gasteiger partial charge is 0.508 e. The quantitative estimate of drug-likeness (QED) is 0.575. The highest BCUT2D eigenvalue weighted by Crippen LogP contribution is 2.30. The van der Waals surface area contributed by atoms with Crippen molar-refractivity contribution < 1.29 is 29.0 Å². The van der Waals surface area contributed by atoms with Gasteiger partial charge in [-0.05, 0) is 61.9 Å². The van der Waals surface area contributed by atoms with Crippen molar-refractivity contribution in [1.29, 1.82) is 0 Å². The zero-order valence-electron chi connectivity index (χ0n) is 16.0. The van der Waals surface area contributed by atoms with Gasteiger partial charge in [-0.2, -0.15) is 0 Å². The van der Waals surface area contributed by atoms with E-state index in [1.165, 1.54) is 30.3 Å². The van der Waals surface area contributed by atoms with Crippen molar-refractivity contribution in [2.45, 2.75) is 13.8 Å². The van der Waals surface area contributed by atoms with Crippen LogP contribution in [0.2, 0.25) is 0 Å². The van der Waals surface area contributed by atoms with Crippen LogP contribution in [0.3, 0.4) is 0 Å². The number of rotatable bonds is 6. The molecule has 3 rings (SSSR count). The highest BCUT2D eigenvalue weighted by atomic mass is 16.5. The van der Waals surface area contributed by atoms with Gasteiger partial charge in [0, 0.05) is 0 Å². The Morgan fingerprint density at radius 1 is 0.966 bits per heavy atom. The van der Waals surface area contributed by atoms with E-state index < -0.39 is 17.8 Å². The van der Waals surface area contributed by atoms with Gasteiger partial charge in [-0.1, -0.05) is 6.07 Å². The summed E-state index contributed by atoms with van der Waals surface area (Å²) in [5, 5.41) is 11.6. The van der Waals surface area contributed by atoms with Gasteiger partial charge < -0.3 is 14.6 Å². The molecule has 1 saturated heterocycles. The first-order valence-corrected chi connectivity index (χ1v) is 9.04. The zero-order chi connectivity index (χ0) is 21.0. The first-order chi connectivity index (χ1) is 13.9. The lowest BCUT2D eigenvalue weighted by molar-refractivity contribution is -0.122. The summed E-state index contributed by atoms with van der Waals surface area (Å²) in [7, 11) is 0. The Kier molecular flexibility index (Phi) is 5.82. The molecule has 0 unspecified atom stereocenters. The predicted molar refractivity (Wildman–Crippen MR) is 106 cm³/mol. The van der Waals surface area contributed by atoms with Crippen LogP contribution < -0.4 is 19.7 Å². The SMILES string of the molecule is CCOc1ccc(/C=C2/C(=O)NC(=O)N(c3ccc(O)cc3)C2=O)cc1OCC. The summed E-state index contributed by atoms with van der Waals surface area (Å²) in [4.78, 5) is 38.2. The summed E-state index contributed by atoms with van der Waals surface area (Å²) in [5.74, 6) is -0.530. The molecule has 0 radical (unpaired) electrons. The van der Waals surface area contributed by atoms with Crippen molar-refractivity contribution >= 4 is 29.6 Å². The van der Waals surface area contributed by atoms with Crippen molar-refractivity contribution in [2.24, 2.45) is 0 Å². The van der Waals surface area contributed by atoms with Gasteiger partial charge in [-0.25, -0.2) is 9.69 Å². The maximum Gasteiger partial charge on any atom is 0.335 e. The Labute approximate surface area is 167 Å². The average molecular weight is 396 g/mol. The molecular weight excluding hydrogens is 376 g/mol. The van der Waals surface area contributed by atoms with Crippen LogP contribution in [0, 0.1) is 0 Å². The summed E-state index contributed by atoms with van der Waals surface area (Å²) in [5.41, 5.74) is 0.560. The average Bonchev–Trinajstić information content (AvgIpc) is 2.69. The van der Waals surface area contributed by atoms with Gasteiger partial charge in [0.25, 0.3) is 11.8 Å². The van der Waals surface area contributed by atoms with E-state index in [0.717, 1.165) is 4.90 Å². The second kappa shape index (κ2) is 8.47. The molecule has 8 heteroatoms. The molecule has 1 heterocycles. The fourth-order valence-electron chi connectivity index (χ4n) is 2.82. The minimum absolute atomic E-state index is 0.0108. The third-order valence-corrected chi connectivity index (χ3v) is 4.09. The number of phenolic OH excluding ortho intramolecular Hbond substituents is 1. The van der Waals surface area contributed by atoms with Crippen LogP contribution >= 0.6 is 0 Å². The Balaban J connectivity index is 1.98. The van der Waals surface area contributed by atoms with E-state index >= 15 is 0 Å². The monoisotopic (exact) mass is 396 g/mol. The predicted octanol–water partition coefficient (Wildman–Crippen LogP) is 2.86. The second-order valence-corrected chi connectivity index (χ2v) is 6.05. The Bertz CT molecular complexity index is 981. The number of imide groups is 2. The lowest BCUT2D eigenvalue weighted by Crippen LogP contribution is -2.54. The van der Waals surface area contributed by atoms with E-state index in [4.69, 9.17) is 9.47 Å². The van der Waals surface area contributed by atoms with Crippen molar-refractivity contribution in [3.63, 3.8) is 0 Å². The van der Waals surface area contributed by atoms with Crippen molar-refractivity contribution in [3.8, 4) is 17.2 Å². The second-order valence-electron chi connectivity index (χ2n) is 6.05. The van der Waals surface area contributed by atoms with Crippen LogP contribution in [-0.2, 0) is 9.59 Å². The number of hydrogen-bond donors (Lipinski definition) is 2. The molecule has 2 aromatic carbocycles. The van der Waals surface area contributed by atoms with E-state index in [2.05, 4.69) is 5.32 Å². The number of ether oxygens (including phenoxy) is 2. The van der Waals surface area contributed by atoms with Gasteiger partial charge in [-0.15, -0.1) is 0 Å². The minimum atomic E-state index is -0.857. The summed E-state index contributed by atoms with van der Waals surface area (Å²) in [6.45, 7) is 4.57. The minimum Gasteiger partial charge on any atom is -0.508 e. The molecule has 1 fully saturated rings. The van der Waals surface area contributed by atoms with Gasteiger partial charge >= 0.3 is 6.03 Å². The van der Waals surface area contributed by atoms with Gasteiger partial charge in [0.05, 0.1) is 18.9 Å². The van der Waals surface area contributed by atoms with Gasteiger partial charge in [0.1, 0.15) is 11.3 Å². The number of anilines is 1. The number of phenols is 1. The van der Waals surface area contributed by atoms with Gasteiger partial charge in [0.2, 0.25) is 0 Å². The number of nitrogens with zero attached hydrogens (tertiary/aromatic N) is 1. The highest BCUT2D eigenvalue weighted by molar-refractivity contribution is 6.39. The van der Waals surface area contributed by atoms with Crippen LogP contribution in [0.4, 0.5) is 10.5 Å². The number of hydrogen-bond acceptors (Lipinski definition) is 6. The number of barbiturate groups is 1. The molecule has 0 atom stereocenters. The third-order valence-electron chi connectivity index (χ3n) is 4.09. The topological polar surface area (TPSA) is 105 Å². The Hall–Kier alpha value is -3.81.